The smallest absolute Gasteiger partial charge is 0.344 e. The number of thioether (sulfide) groups is 1. The van der Waals surface area contributed by atoms with Crippen molar-refractivity contribution in [3.05, 3.63) is 46.4 Å². The van der Waals surface area contributed by atoms with Gasteiger partial charge in [0.25, 0.3) is 0 Å². The zero-order valence-electron chi connectivity index (χ0n) is 11.5. The average Bonchev–Trinajstić information content (AvgIpc) is 2.96. The van der Waals surface area contributed by atoms with Gasteiger partial charge >= 0.3 is 11.7 Å². The van der Waals surface area contributed by atoms with Gasteiger partial charge in [-0.05, 0) is 12.5 Å². The summed E-state index contributed by atoms with van der Waals surface area (Å²) >= 11 is 1.28. The number of hydrogen-bond acceptors (Lipinski definition) is 5. The maximum absolute atomic E-state index is 11.9. The molecule has 1 aromatic heterocycles. The fourth-order valence-electron chi connectivity index (χ4n) is 2.24. The van der Waals surface area contributed by atoms with E-state index in [1.54, 1.807) is 0 Å². The Kier molecular flexibility index (Phi) is 3.83. The fraction of sp³-hybridized carbons (Fsp3) is 0.357. The van der Waals surface area contributed by atoms with Crippen molar-refractivity contribution in [1.29, 1.82) is 0 Å². The Hall–Kier alpha value is -2.02. The Morgan fingerprint density at radius 1 is 1.38 bits per heavy atom. The van der Waals surface area contributed by atoms with Crippen molar-refractivity contribution < 1.29 is 9.53 Å². The SMILES string of the molecule is CC1CC(Sc2n[nH]c(=O)n2Cc2ccccc2)C(=O)O1. The Balaban J connectivity index is 1.81. The maximum Gasteiger partial charge on any atom is 0.344 e. The minimum absolute atomic E-state index is 0.0803. The molecule has 0 saturated carbocycles. The van der Waals surface area contributed by atoms with Gasteiger partial charge in [-0.15, -0.1) is 5.10 Å². The molecule has 2 heterocycles. The highest BCUT2D eigenvalue weighted by molar-refractivity contribution is 8.00. The number of benzene rings is 1. The number of ether oxygens (including phenoxy) is 1. The molecule has 1 aromatic carbocycles. The van der Waals surface area contributed by atoms with Crippen LogP contribution >= 0.6 is 11.8 Å². The summed E-state index contributed by atoms with van der Waals surface area (Å²) < 4.78 is 6.66. The number of carbonyl (C=O) groups excluding carboxylic acids is 1. The monoisotopic (exact) mass is 305 g/mol. The van der Waals surface area contributed by atoms with Gasteiger partial charge in [-0.2, -0.15) is 0 Å². The first kappa shape index (κ1) is 13.9. The van der Waals surface area contributed by atoms with Gasteiger partial charge < -0.3 is 4.74 Å². The average molecular weight is 305 g/mol. The predicted octanol–water partition coefficient (Wildman–Crippen LogP) is 1.42. The van der Waals surface area contributed by atoms with Crippen molar-refractivity contribution in [2.75, 3.05) is 0 Å². The van der Waals surface area contributed by atoms with Crippen LogP contribution in [0.25, 0.3) is 0 Å². The van der Waals surface area contributed by atoms with Crippen LogP contribution in [-0.2, 0) is 16.1 Å². The number of aromatic amines is 1. The van der Waals surface area contributed by atoms with Crippen LogP contribution in [0, 0.1) is 0 Å². The van der Waals surface area contributed by atoms with Gasteiger partial charge in [0.05, 0.1) is 6.54 Å². The molecule has 1 saturated heterocycles. The maximum atomic E-state index is 11.9. The lowest BCUT2D eigenvalue weighted by molar-refractivity contribution is -0.140. The molecule has 1 N–H and O–H groups in total. The van der Waals surface area contributed by atoms with Gasteiger partial charge in [-0.1, -0.05) is 42.1 Å². The van der Waals surface area contributed by atoms with Gasteiger partial charge in [-0.3, -0.25) is 9.36 Å². The molecule has 2 atom stereocenters. The second-order valence-corrected chi connectivity index (χ2v) is 6.14. The lowest BCUT2D eigenvalue weighted by atomic mass is 10.2. The van der Waals surface area contributed by atoms with E-state index in [9.17, 15) is 9.59 Å². The lowest BCUT2D eigenvalue weighted by Gasteiger charge is -2.07. The van der Waals surface area contributed by atoms with Crippen molar-refractivity contribution in [2.45, 2.75) is 36.4 Å². The highest BCUT2D eigenvalue weighted by atomic mass is 32.2. The summed E-state index contributed by atoms with van der Waals surface area (Å²) in [5, 5.41) is 6.67. The number of carbonyl (C=O) groups is 1. The Morgan fingerprint density at radius 3 is 2.81 bits per heavy atom. The molecule has 1 aliphatic rings. The first-order valence-corrected chi connectivity index (χ1v) is 7.57. The summed E-state index contributed by atoms with van der Waals surface area (Å²) in [4.78, 5) is 23.6. The van der Waals surface area contributed by atoms with Crippen LogP contribution in [0.2, 0.25) is 0 Å². The minimum atomic E-state index is -0.301. The highest BCUT2D eigenvalue weighted by Gasteiger charge is 2.34. The van der Waals surface area contributed by atoms with Crippen LogP contribution in [0.1, 0.15) is 18.9 Å². The van der Waals surface area contributed by atoms with E-state index in [-0.39, 0.29) is 23.0 Å². The van der Waals surface area contributed by atoms with E-state index in [0.717, 1.165) is 5.56 Å². The summed E-state index contributed by atoms with van der Waals surface area (Å²) in [6, 6.07) is 9.65. The van der Waals surface area contributed by atoms with Crippen molar-refractivity contribution in [2.24, 2.45) is 0 Å². The highest BCUT2D eigenvalue weighted by Crippen LogP contribution is 2.30. The number of hydrogen-bond donors (Lipinski definition) is 1. The quantitative estimate of drug-likeness (QED) is 0.864. The van der Waals surface area contributed by atoms with Crippen LogP contribution < -0.4 is 5.69 Å². The molecule has 0 aliphatic carbocycles. The summed E-state index contributed by atoms with van der Waals surface area (Å²) in [6.07, 6.45) is 0.554. The van der Waals surface area contributed by atoms with Crippen molar-refractivity contribution in [3.63, 3.8) is 0 Å². The van der Waals surface area contributed by atoms with Crippen LogP contribution in [0.3, 0.4) is 0 Å². The normalized spacial score (nSPS) is 21.5. The molecular formula is C14H15N3O3S. The largest absolute Gasteiger partial charge is 0.462 e. The molecule has 0 radical (unpaired) electrons. The standard InChI is InChI=1S/C14H15N3O3S/c1-9-7-11(12(18)20-9)21-14-16-15-13(19)17(14)8-10-5-3-2-4-6-10/h2-6,9,11H,7-8H2,1H3,(H,15,19). The first-order valence-electron chi connectivity index (χ1n) is 6.70. The molecule has 0 spiro atoms. The van der Waals surface area contributed by atoms with E-state index in [0.29, 0.717) is 18.1 Å². The summed E-state index contributed by atoms with van der Waals surface area (Å²) in [6.45, 7) is 2.29. The molecule has 6 nitrogen and oxygen atoms in total. The van der Waals surface area contributed by atoms with Crippen LogP contribution in [-0.4, -0.2) is 32.1 Å². The van der Waals surface area contributed by atoms with Gasteiger partial charge in [0.1, 0.15) is 11.4 Å². The van der Waals surface area contributed by atoms with Crippen molar-refractivity contribution >= 4 is 17.7 Å². The third-order valence-electron chi connectivity index (χ3n) is 3.28. The number of esters is 1. The topological polar surface area (TPSA) is 77.0 Å². The molecular weight excluding hydrogens is 290 g/mol. The van der Waals surface area contributed by atoms with E-state index >= 15 is 0 Å². The molecule has 21 heavy (non-hydrogen) atoms. The van der Waals surface area contributed by atoms with Gasteiger partial charge in [0.2, 0.25) is 0 Å². The van der Waals surface area contributed by atoms with Gasteiger partial charge in [0.15, 0.2) is 5.16 Å². The Labute approximate surface area is 125 Å². The number of rotatable bonds is 4. The Morgan fingerprint density at radius 2 is 2.14 bits per heavy atom. The lowest BCUT2D eigenvalue weighted by Crippen LogP contribution is -2.19. The number of nitrogens with one attached hydrogen (secondary N) is 1. The molecule has 1 fully saturated rings. The van der Waals surface area contributed by atoms with E-state index in [4.69, 9.17) is 4.74 Å². The van der Waals surface area contributed by atoms with E-state index in [1.807, 2.05) is 37.3 Å². The Bertz CT molecular complexity index is 695. The molecule has 7 heteroatoms. The number of nitrogens with zero attached hydrogens (tertiary/aromatic N) is 2. The third-order valence-corrected chi connectivity index (χ3v) is 4.47. The summed E-state index contributed by atoms with van der Waals surface area (Å²) in [7, 11) is 0. The van der Waals surface area contributed by atoms with Crippen LogP contribution in [0.4, 0.5) is 0 Å². The fourth-order valence-corrected chi connectivity index (χ4v) is 3.39. The van der Waals surface area contributed by atoms with Crippen LogP contribution in [0.15, 0.2) is 40.3 Å². The molecule has 2 aromatic rings. The zero-order valence-corrected chi connectivity index (χ0v) is 12.3. The molecule has 1 aliphatic heterocycles. The number of cyclic esters (lactones) is 1. The van der Waals surface area contributed by atoms with Gasteiger partial charge in [-0.25, -0.2) is 9.89 Å². The molecule has 110 valence electrons. The van der Waals surface area contributed by atoms with E-state index in [2.05, 4.69) is 10.2 Å². The minimum Gasteiger partial charge on any atom is -0.462 e. The molecule has 3 rings (SSSR count). The molecule has 2 unspecified atom stereocenters. The van der Waals surface area contributed by atoms with E-state index < -0.39 is 0 Å². The van der Waals surface area contributed by atoms with Crippen molar-refractivity contribution in [1.82, 2.24) is 14.8 Å². The summed E-state index contributed by atoms with van der Waals surface area (Å²) in [5.74, 6) is -0.241. The molecule has 0 amide bonds. The number of H-pyrrole nitrogens is 1. The zero-order chi connectivity index (χ0) is 14.8. The van der Waals surface area contributed by atoms with E-state index in [1.165, 1.54) is 16.3 Å². The molecule has 0 bridgehead atoms. The van der Waals surface area contributed by atoms with Crippen molar-refractivity contribution in [3.8, 4) is 0 Å². The summed E-state index contributed by atoms with van der Waals surface area (Å²) in [5.41, 5.74) is 0.728. The third kappa shape index (κ3) is 3.02. The van der Waals surface area contributed by atoms with Gasteiger partial charge in [0, 0.05) is 6.42 Å². The van der Waals surface area contributed by atoms with Crippen LogP contribution in [0.5, 0.6) is 0 Å². The second-order valence-electron chi connectivity index (χ2n) is 4.97. The predicted molar refractivity (Wildman–Crippen MR) is 78.2 cm³/mol. The number of aromatic nitrogens is 3. The first-order chi connectivity index (χ1) is 10.1. The second kappa shape index (κ2) is 5.77.